The molecule has 2 aromatic rings. The van der Waals surface area contributed by atoms with Gasteiger partial charge in [-0.3, -0.25) is 9.13 Å². The van der Waals surface area contributed by atoms with Crippen LogP contribution < -0.4 is 5.73 Å². The molecular formula is C11H16N5O4P. The minimum absolute atomic E-state index is 0.0878. The maximum absolute atomic E-state index is 11.1. The Morgan fingerprint density at radius 1 is 1.52 bits per heavy atom. The van der Waals surface area contributed by atoms with Gasteiger partial charge in [0.15, 0.2) is 11.5 Å². The summed E-state index contributed by atoms with van der Waals surface area (Å²) in [6, 6.07) is 0. The monoisotopic (exact) mass is 313 g/mol. The molecule has 0 saturated carbocycles. The highest BCUT2D eigenvalue weighted by atomic mass is 31.2. The largest absolute Gasteiger partial charge is 0.382 e. The van der Waals surface area contributed by atoms with Crippen LogP contribution in [-0.4, -0.2) is 43.8 Å². The number of imidazole rings is 1. The van der Waals surface area contributed by atoms with Crippen molar-refractivity contribution in [1.82, 2.24) is 19.5 Å². The lowest BCUT2D eigenvalue weighted by atomic mass is 10.2. The lowest BCUT2D eigenvalue weighted by Gasteiger charge is -2.16. The van der Waals surface area contributed by atoms with Gasteiger partial charge in [-0.2, -0.15) is 0 Å². The number of hydrogen-bond acceptors (Lipinski definition) is 7. The first-order chi connectivity index (χ1) is 9.94. The molecule has 3 rings (SSSR count). The van der Waals surface area contributed by atoms with Crippen molar-refractivity contribution < 1.29 is 18.7 Å². The molecule has 0 aromatic carbocycles. The van der Waals surface area contributed by atoms with Crippen molar-refractivity contribution in [2.24, 2.45) is 0 Å². The van der Waals surface area contributed by atoms with Gasteiger partial charge < -0.3 is 19.9 Å². The second-order valence-corrected chi connectivity index (χ2v) is 6.84. The lowest BCUT2D eigenvalue weighted by Crippen LogP contribution is -2.16. The fraction of sp³-hybridized carbons (Fsp3) is 0.545. The molecule has 0 aliphatic carbocycles. The van der Waals surface area contributed by atoms with E-state index in [1.807, 2.05) is 0 Å². The quantitative estimate of drug-likeness (QED) is 0.798. The summed E-state index contributed by atoms with van der Waals surface area (Å²) in [5.74, 6) is 0.323. The van der Waals surface area contributed by atoms with Crippen molar-refractivity contribution in [1.29, 1.82) is 0 Å². The van der Waals surface area contributed by atoms with E-state index in [-0.39, 0.29) is 18.9 Å². The second kappa shape index (κ2) is 5.34. The predicted octanol–water partition coefficient (Wildman–Crippen LogP) is 0.918. The van der Waals surface area contributed by atoms with Crippen molar-refractivity contribution in [3.05, 3.63) is 12.7 Å². The number of nitrogen functional groups attached to an aromatic ring is 1. The Bertz CT molecular complexity index is 699. The molecule has 2 aromatic heterocycles. The van der Waals surface area contributed by atoms with E-state index in [2.05, 4.69) is 15.0 Å². The van der Waals surface area contributed by atoms with Crippen molar-refractivity contribution in [3.63, 3.8) is 0 Å². The maximum Gasteiger partial charge on any atom is 0.325 e. The van der Waals surface area contributed by atoms with Crippen LogP contribution in [0.4, 0.5) is 5.82 Å². The molecule has 3 N–H and O–H groups in total. The fourth-order valence-electron chi connectivity index (χ4n) is 2.32. The smallest absolute Gasteiger partial charge is 0.325 e. The first-order valence-electron chi connectivity index (χ1n) is 6.47. The van der Waals surface area contributed by atoms with Crippen LogP contribution in [-0.2, 0) is 13.8 Å². The highest BCUT2D eigenvalue weighted by Crippen LogP contribution is 2.39. The van der Waals surface area contributed by atoms with Crippen molar-refractivity contribution in [3.8, 4) is 0 Å². The van der Waals surface area contributed by atoms with Gasteiger partial charge in [-0.05, 0) is 12.8 Å². The topological polar surface area (TPSA) is 125 Å². The Morgan fingerprint density at radius 3 is 3.10 bits per heavy atom. The van der Waals surface area contributed by atoms with Gasteiger partial charge in [-0.25, -0.2) is 15.0 Å². The summed E-state index contributed by atoms with van der Waals surface area (Å²) < 4.78 is 23.6. The van der Waals surface area contributed by atoms with Gasteiger partial charge in [0.25, 0.3) is 0 Å². The lowest BCUT2D eigenvalue weighted by molar-refractivity contribution is -0.0172. The fourth-order valence-corrected chi connectivity index (χ4v) is 2.76. The molecule has 0 radical (unpaired) electrons. The van der Waals surface area contributed by atoms with Crippen molar-refractivity contribution >= 4 is 24.6 Å². The third kappa shape index (κ3) is 3.06. The van der Waals surface area contributed by atoms with E-state index >= 15 is 0 Å². The normalized spacial score (nSPS) is 25.2. The van der Waals surface area contributed by atoms with E-state index in [0.717, 1.165) is 19.5 Å². The summed E-state index contributed by atoms with van der Waals surface area (Å²) in [5.41, 5.74) is 6.89. The average Bonchev–Trinajstić information content (AvgIpc) is 3.02. The molecule has 1 aliphatic heterocycles. The van der Waals surface area contributed by atoms with Crippen LogP contribution in [0.25, 0.3) is 11.2 Å². The molecule has 1 saturated heterocycles. The average molecular weight is 313 g/mol. The Labute approximate surface area is 120 Å². The van der Waals surface area contributed by atoms with Crippen LogP contribution >= 0.6 is 7.60 Å². The Morgan fingerprint density at radius 2 is 2.33 bits per heavy atom. The molecule has 3 heterocycles. The van der Waals surface area contributed by atoms with Gasteiger partial charge in [0, 0.05) is 6.66 Å². The van der Waals surface area contributed by atoms with E-state index in [0.29, 0.717) is 17.0 Å². The van der Waals surface area contributed by atoms with Gasteiger partial charge in [-0.1, -0.05) is 0 Å². The highest BCUT2D eigenvalue weighted by molar-refractivity contribution is 7.51. The first kappa shape index (κ1) is 14.4. The SMILES string of the molecule is CP(=O)(O)OC[C@@H]1CC[C@H](n2cnc3c(N)ncnc32)O1. The third-order valence-corrected chi connectivity index (χ3v) is 3.91. The van der Waals surface area contributed by atoms with Crippen LogP contribution in [0.3, 0.4) is 0 Å². The maximum atomic E-state index is 11.1. The number of anilines is 1. The van der Waals surface area contributed by atoms with Crippen LogP contribution in [0.1, 0.15) is 19.1 Å². The van der Waals surface area contributed by atoms with Gasteiger partial charge in [0.05, 0.1) is 19.0 Å². The van der Waals surface area contributed by atoms with Gasteiger partial charge in [0.1, 0.15) is 18.1 Å². The Hall–Kier alpha value is -1.54. The minimum atomic E-state index is -3.48. The molecule has 0 spiro atoms. The number of nitrogens with two attached hydrogens (primary N) is 1. The second-order valence-electron chi connectivity index (χ2n) is 4.97. The molecule has 1 fully saturated rings. The van der Waals surface area contributed by atoms with Gasteiger partial charge >= 0.3 is 7.60 Å². The number of rotatable bonds is 4. The van der Waals surface area contributed by atoms with E-state index in [9.17, 15) is 4.57 Å². The summed E-state index contributed by atoms with van der Waals surface area (Å²) >= 11 is 0. The number of ether oxygens (including phenoxy) is 1. The number of hydrogen-bond donors (Lipinski definition) is 2. The predicted molar refractivity (Wildman–Crippen MR) is 74.6 cm³/mol. The molecular weight excluding hydrogens is 297 g/mol. The van der Waals surface area contributed by atoms with Crippen LogP contribution in [0.5, 0.6) is 0 Å². The molecule has 10 heteroatoms. The number of nitrogens with zero attached hydrogens (tertiary/aromatic N) is 4. The van der Waals surface area contributed by atoms with Gasteiger partial charge in [0.2, 0.25) is 0 Å². The van der Waals surface area contributed by atoms with Crippen LogP contribution in [0.2, 0.25) is 0 Å². The zero-order chi connectivity index (χ0) is 15.0. The zero-order valence-corrected chi connectivity index (χ0v) is 12.3. The summed E-state index contributed by atoms with van der Waals surface area (Å²) in [5, 5.41) is 0. The summed E-state index contributed by atoms with van der Waals surface area (Å²) in [4.78, 5) is 21.4. The van der Waals surface area contributed by atoms with E-state index in [1.165, 1.54) is 6.33 Å². The first-order valence-corrected chi connectivity index (χ1v) is 8.50. The molecule has 21 heavy (non-hydrogen) atoms. The molecule has 9 nitrogen and oxygen atoms in total. The summed E-state index contributed by atoms with van der Waals surface area (Å²) in [6.07, 6.45) is 3.98. The zero-order valence-electron chi connectivity index (χ0n) is 11.4. The molecule has 0 bridgehead atoms. The molecule has 114 valence electrons. The number of fused-ring (bicyclic) bond motifs is 1. The summed E-state index contributed by atoms with van der Waals surface area (Å²) in [6.45, 7) is 1.24. The van der Waals surface area contributed by atoms with Crippen molar-refractivity contribution in [2.75, 3.05) is 19.0 Å². The Balaban J connectivity index is 1.73. The molecule has 3 atom stereocenters. The Kier molecular flexibility index (Phi) is 3.66. The van der Waals surface area contributed by atoms with Crippen molar-refractivity contribution in [2.45, 2.75) is 25.2 Å². The van der Waals surface area contributed by atoms with Crippen LogP contribution in [0, 0.1) is 0 Å². The van der Waals surface area contributed by atoms with E-state index in [1.54, 1.807) is 10.9 Å². The number of aromatic nitrogens is 4. The van der Waals surface area contributed by atoms with Crippen LogP contribution in [0.15, 0.2) is 12.7 Å². The standard InChI is InChI=1S/C11H16N5O4P/c1-21(17,18)19-4-7-2-3-8(20-7)16-6-15-9-10(12)13-5-14-11(9)16/h5-8H,2-4H2,1H3,(H,17,18)(H2,12,13,14)/t7-,8+/m0/s1. The molecule has 1 unspecified atom stereocenters. The van der Waals surface area contributed by atoms with E-state index < -0.39 is 7.60 Å². The molecule has 0 amide bonds. The molecule has 1 aliphatic rings. The highest BCUT2D eigenvalue weighted by Gasteiger charge is 2.29. The minimum Gasteiger partial charge on any atom is -0.382 e. The van der Waals surface area contributed by atoms with Gasteiger partial charge in [-0.15, -0.1) is 0 Å². The third-order valence-electron chi connectivity index (χ3n) is 3.28. The summed E-state index contributed by atoms with van der Waals surface area (Å²) in [7, 11) is -3.48. The van der Waals surface area contributed by atoms with E-state index in [4.69, 9.17) is 19.9 Å².